The molecule has 0 bridgehead atoms. The molecular formula is C18H22N3O6+. The maximum Gasteiger partial charge on any atom is 0.290 e. The van der Waals surface area contributed by atoms with E-state index in [1.165, 1.54) is 34.9 Å². The largest absolute Gasteiger partial charge is 0.503 e. The smallest absolute Gasteiger partial charge is 0.290 e. The molecule has 1 fully saturated rings. The van der Waals surface area contributed by atoms with E-state index in [0.29, 0.717) is 19.8 Å². The SMILES string of the molecule is CC(=O)C1=C(O)C(=O)N(CC[NH+]2CCOCC2)[C@@H]1c1ccccc1[N+](=O)[O-]. The van der Waals surface area contributed by atoms with Crippen LogP contribution in [0.5, 0.6) is 0 Å². The minimum absolute atomic E-state index is 0.0914. The second kappa shape index (κ2) is 7.85. The van der Waals surface area contributed by atoms with Crippen LogP contribution in [0.15, 0.2) is 35.6 Å². The first kappa shape index (κ1) is 19.0. The molecule has 3 rings (SSSR count). The number of Topliss-reactive ketones (excluding diaryl/α,β-unsaturated/α-hetero) is 1. The van der Waals surface area contributed by atoms with Gasteiger partial charge in [0.2, 0.25) is 0 Å². The van der Waals surface area contributed by atoms with Gasteiger partial charge in [0.15, 0.2) is 11.5 Å². The lowest BCUT2D eigenvalue weighted by atomic mass is 9.95. The van der Waals surface area contributed by atoms with Crippen molar-refractivity contribution in [2.75, 3.05) is 39.4 Å². The monoisotopic (exact) mass is 376 g/mol. The highest BCUT2D eigenvalue weighted by Gasteiger charge is 2.44. The van der Waals surface area contributed by atoms with Gasteiger partial charge in [-0.05, 0) is 13.0 Å². The average molecular weight is 376 g/mol. The molecule has 9 nitrogen and oxygen atoms in total. The van der Waals surface area contributed by atoms with Crippen molar-refractivity contribution in [2.45, 2.75) is 13.0 Å². The van der Waals surface area contributed by atoms with Crippen LogP contribution in [0.4, 0.5) is 5.69 Å². The number of amides is 1. The maximum absolute atomic E-state index is 12.6. The van der Waals surface area contributed by atoms with E-state index in [1.54, 1.807) is 6.07 Å². The standard InChI is InChI=1S/C18H21N3O6/c1-12(22)15-16(13-4-2-3-5-14(13)21(25)26)20(18(24)17(15)23)7-6-19-8-10-27-11-9-19/h2-5,16,23H,6-11H2,1H3/p+1/t16-/m1/s1. The van der Waals surface area contributed by atoms with Gasteiger partial charge < -0.3 is 19.6 Å². The van der Waals surface area contributed by atoms with Crippen molar-refractivity contribution in [3.8, 4) is 0 Å². The number of quaternary nitrogens is 1. The zero-order valence-electron chi connectivity index (χ0n) is 15.0. The molecule has 27 heavy (non-hydrogen) atoms. The van der Waals surface area contributed by atoms with Gasteiger partial charge in [-0.1, -0.05) is 12.1 Å². The molecule has 0 aliphatic carbocycles. The lowest BCUT2D eigenvalue weighted by Gasteiger charge is -2.29. The predicted octanol–water partition coefficient (Wildman–Crippen LogP) is -0.206. The number of hydrogen-bond acceptors (Lipinski definition) is 6. The van der Waals surface area contributed by atoms with E-state index < -0.39 is 28.4 Å². The number of rotatable bonds is 6. The van der Waals surface area contributed by atoms with Gasteiger partial charge in [-0.15, -0.1) is 0 Å². The number of aliphatic hydroxyl groups is 1. The van der Waals surface area contributed by atoms with Gasteiger partial charge in [-0.2, -0.15) is 0 Å². The summed E-state index contributed by atoms with van der Waals surface area (Å²) in [6, 6.07) is 5.03. The number of nitro groups is 1. The van der Waals surface area contributed by atoms with Crippen LogP contribution in [-0.2, 0) is 14.3 Å². The summed E-state index contributed by atoms with van der Waals surface area (Å²) in [6.45, 7) is 5.00. The summed E-state index contributed by atoms with van der Waals surface area (Å²) in [5, 5.41) is 21.7. The van der Waals surface area contributed by atoms with Crippen LogP contribution >= 0.6 is 0 Å². The van der Waals surface area contributed by atoms with Crippen LogP contribution in [0, 0.1) is 10.1 Å². The lowest BCUT2D eigenvalue weighted by Crippen LogP contribution is -3.14. The van der Waals surface area contributed by atoms with Crippen molar-refractivity contribution in [3.63, 3.8) is 0 Å². The number of carbonyl (C=O) groups is 2. The summed E-state index contributed by atoms with van der Waals surface area (Å²) in [5.41, 5.74) is -0.0548. The number of ether oxygens (including phenoxy) is 1. The van der Waals surface area contributed by atoms with Gasteiger partial charge in [0.25, 0.3) is 11.6 Å². The Morgan fingerprint density at radius 1 is 1.37 bits per heavy atom. The Hall–Kier alpha value is -2.78. The Bertz CT molecular complexity index is 800. The summed E-state index contributed by atoms with van der Waals surface area (Å²) >= 11 is 0. The molecule has 1 amide bonds. The minimum atomic E-state index is -0.961. The first-order chi connectivity index (χ1) is 12.9. The Morgan fingerprint density at radius 3 is 2.67 bits per heavy atom. The number of nitrogens with one attached hydrogen (secondary N) is 1. The Morgan fingerprint density at radius 2 is 2.04 bits per heavy atom. The number of aliphatic hydroxyl groups excluding tert-OH is 1. The second-order valence-corrected chi connectivity index (χ2v) is 6.65. The molecule has 9 heteroatoms. The van der Waals surface area contributed by atoms with Crippen LogP contribution in [0.25, 0.3) is 0 Å². The fraction of sp³-hybridized carbons (Fsp3) is 0.444. The number of hydrogen-bond donors (Lipinski definition) is 2. The van der Waals surface area contributed by atoms with Crippen molar-refractivity contribution in [1.29, 1.82) is 0 Å². The summed E-state index contributed by atoms with van der Waals surface area (Å²) in [4.78, 5) is 38.3. The molecule has 2 N–H and O–H groups in total. The van der Waals surface area contributed by atoms with E-state index in [1.807, 2.05) is 0 Å². The molecule has 0 unspecified atom stereocenters. The van der Waals surface area contributed by atoms with Crippen molar-refractivity contribution >= 4 is 17.4 Å². The average Bonchev–Trinajstić information content (AvgIpc) is 2.91. The summed E-state index contributed by atoms with van der Waals surface area (Å²) in [5.74, 6) is -1.77. The number of ketones is 1. The van der Waals surface area contributed by atoms with Gasteiger partial charge in [0, 0.05) is 6.07 Å². The molecule has 2 aliphatic heterocycles. The molecule has 0 aromatic heterocycles. The Balaban J connectivity index is 1.95. The number of nitro benzene ring substituents is 1. The van der Waals surface area contributed by atoms with Gasteiger partial charge >= 0.3 is 0 Å². The Labute approximate surface area is 156 Å². The number of nitrogens with zero attached hydrogens (tertiary/aromatic N) is 2. The zero-order valence-corrected chi connectivity index (χ0v) is 15.0. The van der Waals surface area contributed by atoms with E-state index in [4.69, 9.17) is 4.74 Å². The van der Waals surface area contributed by atoms with Gasteiger partial charge in [0.05, 0.1) is 48.4 Å². The third-order valence-corrected chi connectivity index (χ3v) is 5.02. The highest BCUT2D eigenvalue weighted by molar-refractivity contribution is 6.08. The highest BCUT2D eigenvalue weighted by Crippen LogP contribution is 2.40. The zero-order chi connectivity index (χ0) is 19.6. The number of carbonyl (C=O) groups excluding carboxylic acids is 2. The van der Waals surface area contributed by atoms with Gasteiger partial charge in [-0.3, -0.25) is 19.7 Å². The Kier molecular flexibility index (Phi) is 5.52. The van der Waals surface area contributed by atoms with E-state index in [0.717, 1.165) is 13.1 Å². The van der Waals surface area contributed by atoms with Crippen molar-refractivity contribution in [1.82, 2.24) is 4.90 Å². The van der Waals surface area contributed by atoms with Crippen molar-refractivity contribution < 1.29 is 29.3 Å². The lowest BCUT2D eigenvalue weighted by molar-refractivity contribution is -0.907. The summed E-state index contributed by atoms with van der Waals surface area (Å²) in [6.07, 6.45) is 0. The molecule has 2 heterocycles. The first-order valence-electron chi connectivity index (χ1n) is 8.81. The molecule has 1 aromatic carbocycles. The van der Waals surface area contributed by atoms with Crippen LogP contribution in [0.3, 0.4) is 0 Å². The molecule has 0 radical (unpaired) electrons. The number of morpholine rings is 1. The van der Waals surface area contributed by atoms with Gasteiger partial charge in [0.1, 0.15) is 13.1 Å². The fourth-order valence-electron chi connectivity index (χ4n) is 3.64. The first-order valence-corrected chi connectivity index (χ1v) is 8.81. The second-order valence-electron chi connectivity index (χ2n) is 6.65. The molecule has 1 saturated heterocycles. The molecular weight excluding hydrogens is 354 g/mol. The quantitative estimate of drug-likeness (QED) is 0.525. The summed E-state index contributed by atoms with van der Waals surface area (Å²) < 4.78 is 5.32. The topological polar surface area (TPSA) is 114 Å². The molecule has 1 aromatic rings. The molecule has 2 aliphatic rings. The number of para-hydroxylation sites is 1. The van der Waals surface area contributed by atoms with Gasteiger partial charge in [-0.25, -0.2) is 0 Å². The maximum atomic E-state index is 12.6. The van der Waals surface area contributed by atoms with Crippen LogP contribution in [0.2, 0.25) is 0 Å². The molecule has 144 valence electrons. The molecule has 1 atom stereocenters. The fourth-order valence-corrected chi connectivity index (χ4v) is 3.64. The van der Waals surface area contributed by atoms with E-state index >= 15 is 0 Å². The predicted molar refractivity (Wildman–Crippen MR) is 94.3 cm³/mol. The van der Waals surface area contributed by atoms with E-state index in [2.05, 4.69) is 0 Å². The number of benzene rings is 1. The molecule has 0 saturated carbocycles. The highest BCUT2D eigenvalue weighted by atomic mass is 16.6. The van der Waals surface area contributed by atoms with E-state index in [-0.39, 0.29) is 23.4 Å². The third-order valence-electron chi connectivity index (χ3n) is 5.02. The molecule has 0 spiro atoms. The normalized spacial score (nSPS) is 21.0. The third kappa shape index (κ3) is 3.69. The van der Waals surface area contributed by atoms with Crippen molar-refractivity contribution in [3.05, 3.63) is 51.3 Å². The van der Waals surface area contributed by atoms with Crippen LogP contribution < -0.4 is 4.90 Å². The van der Waals surface area contributed by atoms with Crippen LogP contribution in [-0.4, -0.2) is 66.0 Å². The van der Waals surface area contributed by atoms with E-state index in [9.17, 15) is 24.8 Å². The summed E-state index contributed by atoms with van der Waals surface area (Å²) in [7, 11) is 0. The minimum Gasteiger partial charge on any atom is -0.503 e. The van der Waals surface area contributed by atoms with Crippen molar-refractivity contribution in [2.24, 2.45) is 0 Å². The van der Waals surface area contributed by atoms with Crippen LogP contribution in [0.1, 0.15) is 18.5 Å².